The molecule has 3 rings (SSSR count). The molecule has 27 heavy (non-hydrogen) atoms. The summed E-state index contributed by atoms with van der Waals surface area (Å²) >= 11 is 7.16. The predicted octanol–water partition coefficient (Wildman–Crippen LogP) is 9.65. The number of hydrogen-bond acceptors (Lipinski definition) is 3. The molecule has 1 nitrogen and oxygen atoms in total. The van der Waals surface area contributed by atoms with Gasteiger partial charge in [-0.25, -0.2) is 0 Å². The van der Waals surface area contributed by atoms with Gasteiger partial charge in [-0.1, -0.05) is 52.0 Å². The second kappa shape index (κ2) is 10.4. The molecular weight excluding hydrogens is 436 g/mol. The lowest BCUT2D eigenvalue weighted by Crippen LogP contribution is -1.83. The van der Waals surface area contributed by atoms with E-state index in [2.05, 4.69) is 64.5 Å². The lowest BCUT2D eigenvalue weighted by Gasteiger charge is -2.04. The van der Waals surface area contributed by atoms with E-state index in [1.165, 1.54) is 54.7 Å². The summed E-state index contributed by atoms with van der Waals surface area (Å²) in [5.41, 5.74) is 2.28. The van der Waals surface area contributed by atoms with Crippen LogP contribution in [0.3, 0.4) is 0 Å². The maximum Gasteiger partial charge on any atom is 0.136 e. The molecule has 0 spiro atoms. The van der Waals surface area contributed by atoms with Crippen molar-refractivity contribution in [3.63, 3.8) is 0 Å². The second-order valence-electron chi connectivity index (χ2n) is 6.90. The molecule has 0 N–H and O–H groups in total. The average molecular weight is 464 g/mol. The Morgan fingerprint density at radius 3 is 2.37 bits per heavy atom. The van der Waals surface area contributed by atoms with E-state index in [4.69, 9.17) is 4.42 Å². The van der Waals surface area contributed by atoms with Crippen LogP contribution in [0.1, 0.15) is 64.1 Å². The number of halogens is 1. The quantitative estimate of drug-likeness (QED) is 0.258. The van der Waals surface area contributed by atoms with Gasteiger partial charge in [0.05, 0.1) is 9.75 Å². The van der Waals surface area contributed by atoms with E-state index in [1.807, 2.05) is 0 Å². The van der Waals surface area contributed by atoms with E-state index >= 15 is 0 Å². The SMILES string of the molecule is C=C(CCCCCCCCC)c1ccc(-c2ccsc2-c2sccc2Br)o1. The maximum atomic E-state index is 6.18. The maximum absolute atomic E-state index is 6.18. The van der Waals surface area contributed by atoms with Crippen molar-refractivity contribution in [1.29, 1.82) is 0 Å². The molecule has 0 aliphatic rings. The third kappa shape index (κ3) is 5.46. The molecule has 0 aliphatic carbocycles. The Bertz CT molecular complexity index is 855. The molecule has 144 valence electrons. The minimum atomic E-state index is 0.929. The van der Waals surface area contributed by atoms with Crippen LogP contribution in [0.15, 0.2) is 50.5 Å². The fourth-order valence-corrected chi connectivity index (χ4v) is 6.02. The van der Waals surface area contributed by atoms with Crippen LogP contribution in [0, 0.1) is 0 Å². The molecule has 0 saturated heterocycles. The summed E-state index contributed by atoms with van der Waals surface area (Å²) in [5.74, 6) is 1.86. The smallest absolute Gasteiger partial charge is 0.136 e. The van der Waals surface area contributed by atoms with Crippen LogP contribution in [0.25, 0.3) is 26.7 Å². The fourth-order valence-electron chi connectivity index (χ4n) is 3.23. The zero-order valence-electron chi connectivity index (χ0n) is 15.9. The van der Waals surface area contributed by atoms with Crippen molar-refractivity contribution in [3.8, 4) is 21.1 Å². The third-order valence-corrected chi connectivity index (χ3v) is 7.71. The van der Waals surface area contributed by atoms with E-state index in [9.17, 15) is 0 Å². The Morgan fingerprint density at radius 2 is 1.63 bits per heavy atom. The molecule has 0 saturated carbocycles. The summed E-state index contributed by atoms with van der Waals surface area (Å²) in [6.07, 6.45) is 10.3. The van der Waals surface area contributed by atoms with Crippen molar-refractivity contribution < 1.29 is 4.42 Å². The van der Waals surface area contributed by atoms with Crippen LogP contribution in [0.5, 0.6) is 0 Å². The molecule has 0 aromatic carbocycles. The molecule has 3 heterocycles. The summed E-state index contributed by atoms with van der Waals surface area (Å²) in [6, 6.07) is 8.40. The number of hydrogen-bond donors (Lipinski definition) is 0. The standard InChI is InChI=1S/C23H27BrOS2/c1-3-4-5-6-7-8-9-10-17(2)20-11-12-21(25-20)18-13-15-26-22(18)23-19(24)14-16-27-23/h11-16H,2-10H2,1H3. The van der Waals surface area contributed by atoms with E-state index in [-0.39, 0.29) is 0 Å². The highest BCUT2D eigenvalue weighted by atomic mass is 79.9. The van der Waals surface area contributed by atoms with Gasteiger partial charge < -0.3 is 4.42 Å². The molecule has 0 unspecified atom stereocenters. The summed E-state index contributed by atoms with van der Waals surface area (Å²) < 4.78 is 7.32. The topological polar surface area (TPSA) is 13.1 Å². The van der Waals surface area contributed by atoms with Gasteiger partial charge in [-0.05, 0) is 69.4 Å². The molecule has 3 aromatic rings. The highest BCUT2D eigenvalue weighted by molar-refractivity contribution is 9.10. The molecule has 0 fully saturated rings. The van der Waals surface area contributed by atoms with E-state index in [0.29, 0.717) is 0 Å². The van der Waals surface area contributed by atoms with Crippen molar-refractivity contribution in [3.05, 3.63) is 51.8 Å². The van der Waals surface area contributed by atoms with Gasteiger partial charge in [0.2, 0.25) is 0 Å². The summed E-state index contributed by atoms with van der Waals surface area (Å²) in [5, 5.41) is 4.24. The molecule has 0 radical (unpaired) electrons. The van der Waals surface area contributed by atoms with Crippen molar-refractivity contribution in [2.24, 2.45) is 0 Å². The van der Waals surface area contributed by atoms with Crippen LogP contribution in [-0.2, 0) is 0 Å². The van der Waals surface area contributed by atoms with Crippen LogP contribution in [0.4, 0.5) is 0 Å². The van der Waals surface area contributed by atoms with Crippen molar-refractivity contribution in [2.75, 3.05) is 0 Å². The highest BCUT2D eigenvalue weighted by Gasteiger charge is 2.16. The molecule has 4 heteroatoms. The molecular formula is C23H27BrOS2. The number of furan rings is 1. The normalized spacial score (nSPS) is 11.2. The zero-order valence-corrected chi connectivity index (χ0v) is 19.1. The molecule has 0 atom stereocenters. The number of allylic oxidation sites excluding steroid dienone is 1. The Labute approximate surface area is 179 Å². The van der Waals surface area contributed by atoms with Crippen LogP contribution in [0.2, 0.25) is 0 Å². The Hall–Kier alpha value is -1.10. The van der Waals surface area contributed by atoms with Crippen LogP contribution in [-0.4, -0.2) is 0 Å². The van der Waals surface area contributed by atoms with Gasteiger partial charge in [-0.2, -0.15) is 0 Å². The lowest BCUT2D eigenvalue weighted by atomic mass is 10.0. The largest absolute Gasteiger partial charge is 0.456 e. The zero-order chi connectivity index (χ0) is 19.1. The first-order chi connectivity index (χ1) is 13.2. The Kier molecular flexibility index (Phi) is 7.98. The van der Waals surface area contributed by atoms with Gasteiger partial charge >= 0.3 is 0 Å². The first-order valence-electron chi connectivity index (χ1n) is 9.80. The Morgan fingerprint density at radius 1 is 0.926 bits per heavy atom. The van der Waals surface area contributed by atoms with Gasteiger partial charge in [0.1, 0.15) is 11.5 Å². The van der Waals surface area contributed by atoms with Gasteiger partial charge in [0.15, 0.2) is 0 Å². The van der Waals surface area contributed by atoms with E-state index in [1.54, 1.807) is 22.7 Å². The number of unbranched alkanes of at least 4 members (excludes halogenated alkanes) is 6. The fraction of sp³-hybridized carbons (Fsp3) is 0.391. The summed E-state index contributed by atoms with van der Waals surface area (Å²) in [6.45, 7) is 6.52. The third-order valence-electron chi connectivity index (χ3n) is 4.79. The molecule has 0 bridgehead atoms. The monoisotopic (exact) mass is 462 g/mol. The van der Waals surface area contributed by atoms with Crippen molar-refractivity contribution in [1.82, 2.24) is 0 Å². The minimum absolute atomic E-state index is 0.929. The Balaban J connectivity index is 1.57. The number of rotatable bonds is 11. The van der Waals surface area contributed by atoms with Gasteiger partial charge in [0, 0.05) is 10.0 Å². The molecule has 0 aliphatic heterocycles. The average Bonchev–Trinajstić information content (AvgIpc) is 3.40. The molecule has 3 aromatic heterocycles. The summed E-state index contributed by atoms with van der Waals surface area (Å²) in [7, 11) is 0. The lowest BCUT2D eigenvalue weighted by molar-refractivity contribution is 0.559. The summed E-state index contributed by atoms with van der Waals surface area (Å²) in [4.78, 5) is 2.52. The first-order valence-corrected chi connectivity index (χ1v) is 12.3. The first kappa shape index (κ1) is 20.6. The van der Waals surface area contributed by atoms with Gasteiger partial charge in [-0.3, -0.25) is 0 Å². The van der Waals surface area contributed by atoms with Crippen molar-refractivity contribution >= 4 is 44.2 Å². The predicted molar refractivity (Wildman–Crippen MR) is 125 cm³/mol. The number of thiophene rings is 2. The van der Waals surface area contributed by atoms with Crippen molar-refractivity contribution in [2.45, 2.75) is 58.3 Å². The van der Waals surface area contributed by atoms with Gasteiger partial charge in [-0.15, -0.1) is 22.7 Å². The second-order valence-corrected chi connectivity index (χ2v) is 9.59. The minimum Gasteiger partial charge on any atom is -0.456 e. The van der Waals surface area contributed by atoms with E-state index < -0.39 is 0 Å². The van der Waals surface area contributed by atoms with Crippen LogP contribution >= 0.6 is 38.6 Å². The van der Waals surface area contributed by atoms with Crippen LogP contribution < -0.4 is 0 Å². The molecule has 0 amide bonds. The van der Waals surface area contributed by atoms with E-state index in [0.717, 1.165) is 33.6 Å². The highest BCUT2D eigenvalue weighted by Crippen LogP contribution is 2.43. The van der Waals surface area contributed by atoms with Gasteiger partial charge in [0.25, 0.3) is 0 Å².